The summed E-state index contributed by atoms with van der Waals surface area (Å²) in [5.41, 5.74) is 3.10. The van der Waals surface area contributed by atoms with E-state index in [1.165, 1.54) is 19.2 Å². The number of hydrogen-bond acceptors (Lipinski definition) is 6. The van der Waals surface area contributed by atoms with Gasteiger partial charge in [-0.1, -0.05) is 36.4 Å². The molecule has 35 heavy (non-hydrogen) atoms. The minimum absolute atomic E-state index is 0.207. The fraction of sp³-hybridized carbons (Fsp3) is 0.148. The van der Waals surface area contributed by atoms with Gasteiger partial charge in [0, 0.05) is 0 Å². The van der Waals surface area contributed by atoms with Crippen LogP contribution in [0.1, 0.15) is 12.5 Å². The summed E-state index contributed by atoms with van der Waals surface area (Å²) in [6.07, 6.45) is 1.75. The Hall–Kier alpha value is -4.59. The number of hydrogen-bond donors (Lipinski definition) is 1. The molecule has 3 aromatic rings. The molecular weight excluding hydrogens is 446 g/mol. The molecule has 0 aromatic heterocycles. The van der Waals surface area contributed by atoms with Gasteiger partial charge in [-0.05, 0) is 55.0 Å². The minimum Gasteiger partial charge on any atom is -0.495 e. The summed E-state index contributed by atoms with van der Waals surface area (Å²) in [6, 6.07) is 21.6. The zero-order valence-electron chi connectivity index (χ0n) is 19.6. The first-order valence-electron chi connectivity index (χ1n) is 10.9. The molecule has 8 nitrogen and oxygen atoms in total. The highest BCUT2D eigenvalue weighted by Gasteiger charge is 2.28. The van der Waals surface area contributed by atoms with Gasteiger partial charge in [0.25, 0.3) is 11.8 Å². The Kier molecular flexibility index (Phi) is 7.11. The van der Waals surface area contributed by atoms with Gasteiger partial charge in [-0.2, -0.15) is 10.1 Å². The van der Waals surface area contributed by atoms with Gasteiger partial charge in [0.15, 0.2) is 18.1 Å². The average molecular weight is 472 g/mol. The Labute approximate surface area is 203 Å². The van der Waals surface area contributed by atoms with Crippen LogP contribution in [0.25, 0.3) is 6.08 Å². The molecule has 3 aromatic carbocycles. The zero-order valence-corrected chi connectivity index (χ0v) is 19.6. The highest BCUT2D eigenvalue weighted by Crippen LogP contribution is 2.31. The first kappa shape index (κ1) is 23.6. The van der Waals surface area contributed by atoms with Crippen molar-refractivity contribution in [2.45, 2.75) is 6.92 Å². The second kappa shape index (κ2) is 10.6. The molecule has 1 N–H and O–H groups in total. The van der Waals surface area contributed by atoms with Crippen LogP contribution < -0.4 is 24.5 Å². The van der Waals surface area contributed by atoms with Gasteiger partial charge in [-0.15, -0.1) is 0 Å². The van der Waals surface area contributed by atoms with Crippen molar-refractivity contribution in [1.29, 1.82) is 0 Å². The Balaban J connectivity index is 1.46. The van der Waals surface area contributed by atoms with Gasteiger partial charge in [-0.3, -0.25) is 9.59 Å². The largest absolute Gasteiger partial charge is 0.495 e. The van der Waals surface area contributed by atoms with Crippen molar-refractivity contribution in [3.8, 4) is 17.2 Å². The maximum absolute atomic E-state index is 12.9. The second-order valence-corrected chi connectivity index (χ2v) is 7.64. The van der Waals surface area contributed by atoms with E-state index < -0.39 is 0 Å². The van der Waals surface area contributed by atoms with E-state index in [1.54, 1.807) is 49.4 Å². The number of hydrazone groups is 1. The summed E-state index contributed by atoms with van der Waals surface area (Å²) < 4.78 is 16.4. The van der Waals surface area contributed by atoms with Crippen molar-refractivity contribution in [3.05, 3.63) is 83.9 Å². The van der Waals surface area contributed by atoms with E-state index in [9.17, 15) is 9.59 Å². The normalized spacial score (nSPS) is 14.0. The van der Waals surface area contributed by atoms with Gasteiger partial charge >= 0.3 is 0 Å². The third kappa shape index (κ3) is 5.33. The predicted molar refractivity (Wildman–Crippen MR) is 135 cm³/mol. The van der Waals surface area contributed by atoms with Crippen LogP contribution in [0.4, 0.5) is 11.4 Å². The topological polar surface area (TPSA) is 89.5 Å². The van der Waals surface area contributed by atoms with Crippen LogP contribution in [0.2, 0.25) is 0 Å². The number of para-hydroxylation sites is 3. The average Bonchev–Trinajstić information content (AvgIpc) is 3.17. The minimum atomic E-state index is -0.341. The number of amides is 2. The summed E-state index contributed by atoms with van der Waals surface area (Å²) in [5.74, 6) is 0.846. The highest BCUT2D eigenvalue weighted by molar-refractivity contribution is 6.32. The Morgan fingerprint density at radius 1 is 0.943 bits per heavy atom. The van der Waals surface area contributed by atoms with Crippen LogP contribution >= 0.6 is 0 Å². The SMILES string of the molecule is COc1ccccc1NC(=O)COc1ccc(C=C2C(=O)N(c3ccccc3)N=C2C)cc1OC. The van der Waals surface area contributed by atoms with Crippen molar-refractivity contribution in [3.63, 3.8) is 0 Å². The smallest absolute Gasteiger partial charge is 0.280 e. The van der Waals surface area contributed by atoms with E-state index in [0.717, 1.165) is 5.56 Å². The lowest BCUT2D eigenvalue weighted by atomic mass is 10.1. The molecule has 178 valence electrons. The summed E-state index contributed by atoms with van der Waals surface area (Å²) >= 11 is 0. The number of nitrogens with zero attached hydrogens (tertiary/aromatic N) is 2. The molecule has 1 aliphatic rings. The van der Waals surface area contributed by atoms with Crippen LogP contribution in [0.15, 0.2) is 83.5 Å². The van der Waals surface area contributed by atoms with Gasteiger partial charge in [0.2, 0.25) is 0 Å². The monoisotopic (exact) mass is 471 g/mol. The summed E-state index contributed by atoms with van der Waals surface area (Å²) in [7, 11) is 3.05. The molecule has 8 heteroatoms. The number of methoxy groups -OCH3 is 2. The van der Waals surface area contributed by atoms with Crippen molar-refractivity contribution in [2.75, 3.05) is 31.2 Å². The molecule has 2 amide bonds. The van der Waals surface area contributed by atoms with Crippen LogP contribution in [0.3, 0.4) is 0 Å². The van der Waals surface area contributed by atoms with E-state index in [1.807, 2.05) is 36.4 Å². The maximum Gasteiger partial charge on any atom is 0.280 e. The van der Waals surface area contributed by atoms with Crippen LogP contribution in [0.5, 0.6) is 17.2 Å². The van der Waals surface area contributed by atoms with Gasteiger partial charge in [-0.25, -0.2) is 0 Å². The number of carbonyl (C=O) groups excluding carboxylic acids is 2. The molecule has 0 unspecified atom stereocenters. The first-order chi connectivity index (χ1) is 17.0. The van der Waals surface area contributed by atoms with Crippen molar-refractivity contribution in [1.82, 2.24) is 0 Å². The molecule has 1 heterocycles. The fourth-order valence-electron chi connectivity index (χ4n) is 3.57. The molecule has 0 fully saturated rings. The van der Waals surface area contributed by atoms with Gasteiger partial charge in [0.1, 0.15) is 5.75 Å². The van der Waals surface area contributed by atoms with E-state index in [-0.39, 0.29) is 18.4 Å². The number of ether oxygens (including phenoxy) is 3. The van der Waals surface area contributed by atoms with E-state index in [4.69, 9.17) is 14.2 Å². The van der Waals surface area contributed by atoms with Crippen LogP contribution in [-0.2, 0) is 9.59 Å². The lowest BCUT2D eigenvalue weighted by Gasteiger charge is -2.13. The summed E-state index contributed by atoms with van der Waals surface area (Å²) in [6.45, 7) is 1.58. The van der Waals surface area contributed by atoms with Gasteiger partial charge in [0.05, 0.1) is 36.9 Å². The summed E-state index contributed by atoms with van der Waals surface area (Å²) in [4.78, 5) is 25.3. The van der Waals surface area contributed by atoms with Crippen molar-refractivity contribution >= 4 is 35.0 Å². The highest BCUT2D eigenvalue weighted by atomic mass is 16.5. The molecule has 0 saturated heterocycles. The predicted octanol–water partition coefficient (Wildman–Crippen LogP) is 4.53. The molecule has 0 bridgehead atoms. The molecule has 0 atom stereocenters. The Morgan fingerprint density at radius 2 is 1.66 bits per heavy atom. The van der Waals surface area contributed by atoms with Crippen molar-refractivity contribution in [2.24, 2.45) is 5.10 Å². The number of anilines is 2. The molecular formula is C27H25N3O5. The standard InChI is InChI=1S/C27H25N3O5/c1-18-21(27(32)30(29-18)20-9-5-4-6-10-20)15-19-13-14-24(25(16-19)34-3)35-17-26(31)28-22-11-7-8-12-23(22)33-2/h4-16H,17H2,1-3H3,(H,28,31). The molecule has 0 spiro atoms. The van der Waals surface area contributed by atoms with Crippen molar-refractivity contribution < 1.29 is 23.8 Å². The van der Waals surface area contributed by atoms with E-state index in [2.05, 4.69) is 10.4 Å². The molecule has 0 aliphatic carbocycles. The Bertz CT molecular complexity index is 1300. The number of rotatable bonds is 8. The number of carbonyl (C=O) groups is 2. The van der Waals surface area contributed by atoms with Crippen LogP contribution in [0, 0.1) is 0 Å². The summed E-state index contributed by atoms with van der Waals surface area (Å²) in [5, 5.41) is 8.54. The second-order valence-electron chi connectivity index (χ2n) is 7.64. The number of nitrogens with one attached hydrogen (secondary N) is 1. The van der Waals surface area contributed by atoms with Crippen LogP contribution in [-0.4, -0.2) is 38.4 Å². The van der Waals surface area contributed by atoms with E-state index in [0.29, 0.717) is 39.9 Å². The Morgan fingerprint density at radius 3 is 2.40 bits per heavy atom. The molecule has 1 aliphatic heterocycles. The molecule has 0 saturated carbocycles. The number of benzene rings is 3. The fourth-order valence-corrected chi connectivity index (χ4v) is 3.57. The third-order valence-electron chi connectivity index (χ3n) is 5.30. The third-order valence-corrected chi connectivity index (χ3v) is 5.30. The first-order valence-corrected chi connectivity index (χ1v) is 10.9. The van der Waals surface area contributed by atoms with Gasteiger partial charge < -0.3 is 19.5 Å². The zero-order chi connectivity index (χ0) is 24.8. The lowest BCUT2D eigenvalue weighted by Crippen LogP contribution is -2.21. The van der Waals surface area contributed by atoms with E-state index >= 15 is 0 Å². The lowest BCUT2D eigenvalue weighted by molar-refractivity contribution is -0.118. The quantitative estimate of drug-likeness (QED) is 0.488. The molecule has 0 radical (unpaired) electrons. The maximum atomic E-state index is 12.9. The molecule has 4 rings (SSSR count).